The summed E-state index contributed by atoms with van der Waals surface area (Å²) in [6.07, 6.45) is 0. The fraction of sp³-hybridized carbons (Fsp3) is 0.0556. The van der Waals surface area contributed by atoms with Crippen LogP contribution in [0, 0.1) is 6.92 Å². The van der Waals surface area contributed by atoms with Gasteiger partial charge in [-0.3, -0.25) is 4.98 Å². The van der Waals surface area contributed by atoms with Crippen LogP contribution in [0.25, 0.3) is 33.7 Å². The summed E-state index contributed by atoms with van der Waals surface area (Å²) in [7, 11) is 0. The molecule has 0 unspecified atom stereocenters. The van der Waals surface area contributed by atoms with Crippen molar-refractivity contribution in [2.45, 2.75) is 6.92 Å². The Morgan fingerprint density at radius 3 is 2.70 bits per heavy atom. The molecule has 0 spiro atoms. The third-order valence-corrected chi connectivity index (χ3v) is 3.82. The molecule has 112 valence electrons. The van der Waals surface area contributed by atoms with Crippen molar-refractivity contribution in [1.29, 1.82) is 0 Å². The van der Waals surface area contributed by atoms with Crippen LogP contribution in [0.15, 0.2) is 59.1 Å². The number of hydrogen-bond acceptors (Lipinski definition) is 4. The molecular weight excluding hydrogens is 310 g/mol. The second-order valence-electron chi connectivity index (χ2n) is 5.26. The molecule has 2 heterocycles. The van der Waals surface area contributed by atoms with Gasteiger partial charge in [0.1, 0.15) is 0 Å². The number of para-hydroxylation sites is 1. The Morgan fingerprint density at radius 1 is 0.957 bits per heavy atom. The highest BCUT2D eigenvalue weighted by molar-refractivity contribution is 6.30. The topological polar surface area (TPSA) is 51.8 Å². The summed E-state index contributed by atoms with van der Waals surface area (Å²) >= 11 is 6.02. The van der Waals surface area contributed by atoms with Gasteiger partial charge in [-0.15, -0.1) is 0 Å². The largest absolute Gasteiger partial charge is 0.334 e. The summed E-state index contributed by atoms with van der Waals surface area (Å²) in [5.41, 5.74) is 3.53. The molecule has 0 fully saturated rings. The van der Waals surface area contributed by atoms with E-state index in [0.717, 1.165) is 27.7 Å². The van der Waals surface area contributed by atoms with Crippen LogP contribution in [0.1, 0.15) is 5.69 Å². The quantitative estimate of drug-likeness (QED) is 0.526. The minimum atomic E-state index is 0.445. The minimum Gasteiger partial charge on any atom is -0.334 e. The van der Waals surface area contributed by atoms with Crippen LogP contribution in [-0.2, 0) is 0 Å². The molecule has 0 saturated heterocycles. The van der Waals surface area contributed by atoms with Gasteiger partial charge in [-0.05, 0) is 37.3 Å². The SMILES string of the molecule is Cc1cc(-c2noc(-c3cccc(Cl)c3)n2)c2ccccc2n1. The molecule has 0 radical (unpaired) electrons. The lowest BCUT2D eigenvalue weighted by Crippen LogP contribution is -1.89. The van der Waals surface area contributed by atoms with E-state index in [-0.39, 0.29) is 0 Å². The number of benzene rings is 2. The van der Waals surface area contributed by atoms with Crippen molar-refractivity contribution in [2.24, 2.45) is 0 Å². The molecule has 2 aromatic heterocycles. The summed E-state index contributed by atoms with van der Waals surface area (Å²) in [6.45, 7) is 1.95. The zero-order valence-electron chi connectivity index (χ0n) is 12.3. The van der Waals surface area contributed by atoms with E-state index in [1.165, 1.54) is 0 Å². The normalized spacial score (nSPS) is 11.0. The second-order valence-corrected chi connectivity index (χ2v) is 5.70. The van der Waals surface area contributed by atoms with E-state index in [4.69, 9.17) is 16.1 Å². The number of aryl methyl sites for hydroxylation is 1. The second kappa shape index (κ2) is 5.48. The highest BCUT2D eigenvalue weighted by atomic mass is 35.5. The summed E-state index contributed by atoms with van der Waals surface area (Å²) in [5.74, 6) is 0.989. The summed E-state index contributed by atoms with van der Waals surface area (Å²) in [6, 6.07) is 17.2. The summed E-state index contributed by atoms with van der Waals surface area (Å²) in [4.78, 5) is 9.05. The predicted octanol–water partition coefficient (Wildman–Crippen LogP) is 4.91. The zero-order chi connectivity index (χ0) is 15.8. The van der Waals surface area contributed by atoms with Crippen LogP contribution in [-0.4, -0.2) is 15.1 Å². The Bertz CT molecular complexity index is 1010. The first kappa shape index (κ1) is 13.9. The summed E-state index contributed by atoms with van der Waals surface area (Å²) < 4.78 is 5.41. The Labute approximate surface area is 137 Å². The van der Waals surface area contributed by atoms with Crippen LogP contribution < -0.4 is 0 Å². The fourth-order valence-electron chi connectivity index (χ4n) is 2.56. The Kier molecular flexibility index (Phi) is 3.32. The first-order chi connectivity index (χ1) is 11.2. The van der Waals surface area contributed by atoms with Crippen molar-refractivity contribution in [3.8, 4) is 22.8 Å². The van der Waals surface area contributed by atoms with Gasteiger partial charge in [0, 0.05) is 27.2 Å². The highest BCUT2D eigenvalue weighted by Gasteiger charge is 2.14. The molecule has 2 aromatic carbocycles. The Morgan fingerprint density at radius 2 is 1.83 bits per heavy atom. The highest BCUT2D eigenvalue weighted by Crippen LogP contribution is 2.29. The molecule has 23 heavy (non-hydrogen) atoms. The van der Waals surface area contributed by atoms with E-state index in [9.17, 15) is 0 Å². The average Bonchev–Trinajstić information content (AvgIpc) is 3.04. The number of fused-ring (bicyclic) bond motifs is 1. The lowest BCUT2D eigenvalue weighted by molar-refractivity contribution is 0.432. The van der Waals surface area contributed by atoms with Gasteiger partial charge in [-0.1, -0.05) is 41.0 Å². The summed E-state index contributed by atoms with van der Waals surface area (Å²) in [5, 5.41) is 5.76. The van der Waals surface area contributed by atoms with E-state index in [2.05, 4.69) is 15.1 Å². The van der Waals surface area contributed by atoms with Gasteiger partial charge in [0.2, 0.25) is 5.82 Å². The van der Waals surface area contributed by atoms with Crippen molar-refractivity contribution < 1.29 is 4.52 Å². The van der Waals surface area contributed by atoms with E-state index < -0.39 is 0 Å². The maximum atomic E-state index is 6.02. The van der Waals surface area contributed by atoms with E-state index in [0.29, 0.717) is 16.7 Å². The lowest BCUT2D eigenvalue weighted by atomic mass is 10.1. The zero-order valence-corrected chi connectivity index (χ0v) is 13.1. The van der Waals surface area contributed by atoms with Gasteiger partial charge in [0.05, 0.1) is 5.52 Å². The van der Waals surface area contributed by atoms with Crippen LogP contribution in [0.5, 0.6) is 0 Å². The molecule has 4 rings (SSSR count). The van der Waals surface area contributed by atoms with Crippen LogP contribution in [0.2, 0.25) is 5.02 Å². The van der Waals surface area contributed by atoms with E-state index in [1.54, 1.807) is 6.07 Å². The first-order valence-corrected chi connectivity index (χ1v) is 7.55. The van der Waals surface area contributed by atoms with Crippen LogP contribution in [0.3, 0.4) is 0 Å². The molecular formula is C18H12ClN3O. The maximum Gasteiger partial charge on any atom is 0.258 e. The molecule has 4 aromatic rings. The third kappa shape index (κ3) is 2.58. The Balaban J connectivity index is 1.87. The molecule has 0 aliphatic carbocycles. The Hall–Kier alpha value is -2.72. The predicted molar refractivity (Wildman–Crippen MR) is 90.2 cm³/mol. The number of rotatable bonds is 2. The smallest absolute Gasteiger partial charge is 0.258 e. The van der Waals surface area contributed by atoms with Crippen molar-refractivity contribution in [2.75, 3.05) is 0 Å². The molecule has 0 N–H and O–H groups in total. The molecule has 0 aliphatic heterocycles. The molecule has 0 aliphatic rings. The maximum absolute atomic E-state index is 6.02. The van der Waals surface area contributed by atoms with E-state index >= 15 is 0 Å². The lowest BCUT2D eigenvalue weighted by Gasteiger charge is -2.03. The van der Waals surface area contributed by atoms with Crippen LogP contribution in [0.4, 0.5) is 0 Å². The average molecular weight is 322 g/mol. The monoisotopic (exact) mass is 321 g/mol. The molecule has 0 atom stereocenters. The number of pyridine rings is 1. The first-order valence-electron chi connectivity index (χ1n) is 7.17. The fourth-order valence-corrected chi connectivity index (χ4v) is 2.75. The van der Waals surface area contributed by atoms with Crippen molar-refractivity contribution in [3.05, 3.63) is 65.3 Å². The van der Waals surface area contributed by atoms with Gasteiger partial charge in [0.15, 0.2) is 0 Å². The number of hydrogen-bond donors (Lipinski definition) is 0. The van der Waals surface area contributed by atoms with Crippen molar-refractivity contribution >= 4 is 22.5 Å². The molecule has 5 heteroatoms. The van der Waals surface area contributed by atoms with Crippen molar-refractivity contribution in [1.82, 2.24) is 15.1 Å². The standard InChI is InChI=1S/C18H12ClN3O/c1-11-9-15(14-7-2-3-8-16(14)20-11)17-21-18(23-22-17)12-5-4-6-13(19)10-12/h2-10H,1H3. The van der Waals surface area contributed by atoms with Gasteiger partial charge >= 0.3 is 0 Å². The van der Waals surface area contributed by atoms with E-state index in [1.807, 2.05) is 55.5 Å². The third-order valence-electron chi connectivity index (χ3n) is 3.58. The molecule has 4 nitrogen and oxygen atoms in total. The van der Waals surface area contributed by atoms with Gasteiger partial charge in [-0.2, -0.15) is 4.98 Å². The van der Waals surface area contributed by atoms with Crippen molar-refractivity contribution in [3.63, 3.8) is 0 Å². The molecule has 0 amide bonds. The van der Waals surface area contributed by atoms with Gasteiger partial charge in [0.25, 0.3) is 5.89 Å². The molecule has 0 bridgehead atoms. The number of aromatic nitrogens is 3. The van der Waals surface area contributed by atoms with Gasteiger partial charge < -0.3 is 4.52 Å². The molecule has 0 saturated carbocycles. The number of halogens is 1. The number of nitrogens with zero attached hydrogens (tertiary/aromatic N) is 3. The van der Waals surface area contributed by atoms with Gasteiger partial charge in [-0.25, -0.2) is 0 Å². The van der Waals surface area contributed by atoms with Crippen LogP contribution >= 0.6 is 11.6 Å². The minimum absolute atomic E-state index is 0.445.